The molecule has 0 aliphatic heterocycles. The van der Waals surface area contributed by atoms with Crippen molar-refractivity contribution in [3.8, 4) is 0 Å². The van der Waals surface area contributed by atoms with Crippen LogP contribution in [0.4, 0.5) is 0 Å². The zero-order valence-corrected chi connectivity index (χ0v) is 8.67. The lowest BCUT2D eigenvalue weighted by Crippen LogP contribution is -2.28. The Morgan fingerprint density at radius 3 is 1.69 bits per heavy atom. The van der Waals surface area contributed by atoms with Crippen molar-refractivity contribution in [1.29, 1.82) is 0 Å². The molecule has 2 fully saturated rings. The number of rotatable bonds is 4. The van der Waals surface area contributed by atoms with E-state index in [0.29, 0.717) is 6.04 Å². The van der Waals surface area contributed by atoms with E-state index in [2.05, 4.69) is 0 Å². The summed E-state index contributed by atoms with van der Waals surface area (Å²) >= 11 is 0. The van der Waals surface area contributed by atoms with Crippen molar-refractivity contribution < 1.29 is 0 Å². The number of hydrogen-bond acceptors (Lipinski definition) is 1. The molecule has 2 saturated carbocycles. The minimum atomic E-state index is 0.522. The summed E-state index contributed by atoms with van der Waals surface area (Å²) in [7, 11) is 0. The highest BCUT2D eigenvalue weighted by Crippen LogP contribution is 2.33. The van der Waals surface area contributed by atoms with Gasteiger partial charge in [-0.15, -0.1) is 0 Å². The molecular weight excluding hydrogens is 158 g/mol. The molecule has 13 heavy (non-hydrogen) atoms. The van der Waals surface area contributed by atoms with E-state index in [4.69, 9.17) is 5.73 Å². The molecule has 1 atom stereocenters. The Labute approximate surface area is 82.1 Å². The fourth-order valence-corrected chi connectivity index (χ4v) is 2.93. The van der Waals surface area contributed by atoms with Crippen LogP contribution in [-0.4, -0.2) is 6.04 Å². The normalized spacial score (nSPS) is 27.5. The lowest BCUT2D eigenvalue weighted by atomic mass is 9.79. The molecule has 0 radical (unpaired) electrons. The Hall–Kier alpha value is -0.0400. The first kappa shape index (κ1) is 9.51. The Balaban J connectivity index is 1.61. The van der Waals surface area contributed by atoms with Gasteiger partial charge in [-0.25, -0.2) is 0 Å². The summed E-state index contributed by atoms with van der Waals surface area (Å²) < 4.78 is 0. The molecule has 76 valence electrons. The van der Waals surface area contributed by atoms with Gasteiger partial charge in [-0.05, 0) is 24.7 Å². The molecule has 0 saturated heterocycles. The molecule has 0 aromatic heterocycles. The zero-order valence-electron chi connectivity index (χ0n) is 8.67. The molecule has 2 aliphatic rings. The highest BCUT2D eigenvalue weighted by atomic mass is 14.6. The van der Waals surface area contributed by atoms with E-state index in [9.17, 15) is 0 Å². The highest BCUT2D eigenvalue weighted by Gasteiger charge is 2.23. The summed E-state index contributed by atoms with van der Waals surface area (Å²) in [4.78, 5) is 0. The Morgan fingerprint density at radius 2 is 1.31 bits per heavy atom. The van der Waals surface area contributed by atoms with Crippen LogP contribution in [-0.2, 0) is 0 Å². The lowest BCUT2D eigenvalue weighted by Gasteiger charge is -2.29. The molecule has 0 heterocycles. The van der Waals surface area contributed by atoms with E-state index in [-0.39, 0.29) is 0 Å². The summed E-state index contributed by atoms with van der Waals surface area (Å²) in [5.41, 5.74) is 6.16. The van der Waals surface area contributed by atoms with Gasteiger partial charge in [0.05, 0.1) is 0 Å². The van der Waals surface area contributed by atoms with Crippen molar-refractivity contribution in [3.05, 3.63) is 0 Å². The maximum atomic E-state index is 6.16. The van der Waals surface area contributed by atoms with E-state index < -0.39 is 0 Å². The first-order valence-electron chi connectivity index (χ1n) is 6.10. The van der Waals surface area contributed by atoms with Gasteiger partial charge in [0.15, 0.2) is 0 Å². The van der Waals surface area contributed by atoms with Gasteiger partial charge in [0.25, 0.3) is 0 Å². The van der Waals surface area contributed by atoms with Gasteiger partial charge in [0.2, 0.25) is 0 Å². The highest BCUT2D eigenvalue weighted by molar-refractivity contribution is 4.78. The Bertz CT molecular complexity index is 145. The van der Waals surface area contributed by atoms with Gasteiger partial charge < -0.3 is 5.73 Å². The number of nitrogens with two attached hydrogens (primary N) is 1. The topological polar surface area (TPSA) is 26.0 Å². The summed E-state index contributed by atoms with van der Waals surface area (Å²) in [6.07, 6.45) is 12.8. The second kappa shape index (κ2) is 4.45. The third-order valence-electron chi connectivity index (χ3n) is 3.97. The van der Waals surface area contributed by atoms with E-state index in [1.54, 1.807) is 0 Å². The van der Waals surface area contributed by atoms with Crippen LogP contribution in [0.15, 0.2) is 0 Å². The van der Waals surface area contributed by atoms with Gasteiger partial charge >= 0.3 is 0 Å². The molecule has 0 aromatic carbocycles. The summed E-state index contributed by atoms with van der Waals surface area (Å²) in [6, 6.07) is 0.522. The van der Waals surface area contributed by atoms with Crippen molar-refractivity contribution in [2.75, 3.05) is 0 Å². The Kier molecular flexibility index (Phi) is 3.26. The van der Waals surface area contributed by atoms with Crippen LogP contribution < -0.4 is 5.73 Å². The lowest BCUT2D eigenvalue weighted by molar-refractivity contribution is 0.260. The molecule has 2 aliphatic carbocycles. The number of hydrogen-bond donors (Lipinski definition) is 1. The maximum absolute atomic E-state index is 6.16. The molecule has 0 bridgehead atoms. The Morgan fingerprint density at radius 1 is 0.846 bits per heavy atom. The molecular formula is C12H23N. The fourth-order valence-electron chi connectivity index (χ4n) is 2.93. The fraction of sp³-hybridized carbons (Fsp3) is 1.00. The van der Waals surface area contributed by atoms with E-state index in [1.165, 1.54) is 57.8 Å². The molecule has 2 N–H and O–H groups in total. The average Bonchev–Trinajstić information content (AvgIpc) is 2.49. The maximum Gasteiger partial charge on any atom is 0.00441 e. The minimum absolute atomic E-state index is 0.522. The predicted octanol–water partition coefficient (Wildman–Crippen LogP) is 3.08. The second-order valence-electron chi connectivity index (χ2n) is 5.18. The SMILES string of the molecule is NC(CC1CCCC1)CC1CCC1. The standard InChI is InChI=1S/C12H23N/c13-12(9-11-6-3-7-11)8-10-4-1-2-5-10/h10-12H,1-9,13H2. The van der Waals surface area contributed by atoms with Crippen LogP contribution in [0.3, 0.4) is 0 Å². The third kappa shape index (κ3) is 2.70. The largest absolute Gasteiger partial charge is 0.328 e. The zero-order chi connectivity index (χ0) is 9.10. The first-order valence-corrected chi connectivity index (χ1v) is 6.10. The van der Waals surface area contributed by atoms with Gasteiger partial charge in [0, 0.05) is 6.04 Å². The van der Waals surface area contributed by atoms with Crippen molar-refractivity contribution in [3.63, 3.8) is 0 Å². The summed E-state index contributed by atoms with van der Waals surface area (Å²) in [5.74, 6) is 1.98. The van der Waals surface area contributed by atoms with E-state index in [0.717, 1.165) is 11.8 Å². The summed E-state index contributed by atoms with van der Waals surface area (Å²) in [5, 5.41) is 0. The second-order valence-corrected chi connectivity index (χ2v) is 5.18. The van der Waals surface area contributed by atoms with Crippen LogP contribution in [0.25, 0.3) is 0 Å². The van der Waals surface area contributed by atoms with Crippen LogP contribution in [0.1, 0.15) is 57.8 Å². The smallest absolute Gasteiger partial charge is 0.00441 e. The molecule has 1 heteroatoms. The van der Waals surface area contributed by atoms with Crippen LogP contribution in [0.5, 0.6) is 0 Å². The van der Waals surface area contributed by atoms with E-state index in [1.807, 2.05) is 0 Å². The van der Waals surface area contributed by atoms with Gasteiger partial charge in [-0.3, -0.25) is 0 Å². The van der Waals surface area contributed by atoms with Crippen molar-refractivity contribution in [2.45, 2.75) is 63.8 Å². The molecule has 1 nitrogen and oxygen atoms in total. The average molecular weight is 181 g/mol. The monoisotopic (exact) mass is 181 g/mol. The van der Waals surface area contributed by atoms with Gasteiger partial charge in [-0.1, -0.05) is 44.9 Å². The third-order valence-corrected chi connectivity index (χ3v) is 3.97. The molecule has 2 rings (SSSR count). The van der Waals surface area contributed by atoms with Crippen molar-refractivity contribution in [2.24, 2.45) is 17.6 Å². The first-order chi connectivity index (χ1) is 6.34. The van der Waals surface area contributed by atoms with Crippen molar-refractivity contribution in [1.82, 2.24) is 0 Å². The van der Waals surface area contributed by atoms with E-state index >= 15 is 0 Å². The van der Waals surface area contributed by atoms with Gasteiger partial charge in [0.1, 0.15) is 0 Å². The molecule has 1 unspecified atom stereocenters. The van der Waals surface area contributed by atoms with Gasteiger partial charge in [-0.2, -0.15) is 0 Å². The van der Waals surface area contributed by atoms with Crippen LogP contribution in [0.2, 0.25) is 0 Å². The molecule has 0 spiro atoms. The van der Waals surface area contributed by atoms with Crippen LogP contribution in [0, 0.1) is 11.8 Å². The molecule has 0 aromatic rings. The van der Waals surface area contributed by atoms with Crippen molar-refractivity contribution >= 4 is 0 Å². The predicted molar refractivity (Wildman–Crippen MR) is 56.5 cm³/mol. The molecule has 0 amide bonds. The minimum Gasteiger partial charge on any atom is -0.328 e. The summed E-state index contributed by atoms with van der Waals surface area (Å²) in [6.45, 7) is 0. The quantitative estimate of drug-likeness (QED) is 0.708. The van der Waals surface area contributed by atoms with Crippen LogP contribution >= 0.6 is 0 Å².